The molecule has 2 rings (SSSR count). The number of rotatable bonds is 3. The Hall–Kier alpha value is -2.25. The fourth-order valence-corrected chi connectivity index (χ4v) is 2.45. The summed E-state index contributed by atoms with van der Waals surface area (Å²) in [4.78, 5) is 22.5. The largest absolute Gasteiger partial charge is 0.481 e. The van der Waals surface area contributed by atoms with Crippen LogP contribution in [-0.4, -0.2) is 23.1 Å². The number of aliphatic carboxylic acids is 1. The van der Waals surface area contributed by atoms with Crippen LogP contribution in [0, 0.1) is 23.4 Å². The lowest BCUT2D eigenvalue weighted by Gasteiger charge is -2.26. The molecule has 5 nitrogen and oxygen atoms in total. The van der Waals surface area contributed by atoms with Crippen molar-refractivity contribution in [2.24, 2.45) is 5.92 Å². The van der Waals surface area contributed by atoms with Gasteiger partial charge in [0.1, 0.15) is 0 Å². The quantitative estimate of drug-likeness (QED) is 0.750. The Labute approximate surface area is 124 Å². The lowest BCUT2D eigenvalue weighted by atomic mass is 9.86. The highest BCUT2D eigenvalue weighted by atomic mass is 19.2. The van der Waals surface area contributed by atoms with Crippen molar-refractivity contribution in [2.45, 2.75) is 31.7 Å². The first-order chi connectivity index (χ1) is 10.4. The molecule has 1 fully saturated rings. The number of hydrogen-bond acceptors (Lipinski definition) is 2. The molecule has 8 heteroatoms. The SMILES string of the molecule is O=C(Nc1ccc(F)c(F)c1F)NC1CCC(C(=O)O)CC1. The van der Waals surface area contributed by atoms with Crippen molar-refractivity contribution in [2.75, 3.05) is 5.32 Å². The summed E-state index contributed by atoms with van der Waals surface area (Å²) in [5.74, 6) is -5.73. The van der Waals surface area contributed by atoms with Crippen molar-refractivity contribution in [3.05, 3.63) is 29.6 Å². The normalized spacial score (nSPS) is 21.2. The first-order valence-electron chi connectivity index (χ1n) is 6.82. The average Bonchev–Trinajstić information content (AvgIpc) is 2.48. The van der Waals surface area contributed by atoms with Crippen molar-refractivity contribution in [1.29, 1.82) is 0 Å². The van der Waals surface area contributed by atoms with Gasteiger partial charge in [-0.3, -0.25) is 4.79 Å². The fraction of sp³-hybridized carbons (Fsp3) is 0.429. The second-order valence-electron chi connectivity index (χ2n) is 5.21. The summed E-state index contributed by atoms with van der Waals surface area (Å²) in [5, 5.41) is 13.5. The van der Waals surface area contributed by atoms with Crippen molar-refractivity contribution in [3.63, 3.8) is 0 Å². The van der Waals surface area contributed by atoms with Crippen LogP contribution in [0.1, 0.15) is 25.7 Å². The Morgan fingerprint density at radius 1 is 1.05 bits per heavy atom. The van der Waals surface area contributed by atoms with Gasteiger partial charge in [0.25, 0.3) is 0 Å². The lowest BCUT2D eigenvalue weighted by Crippen LogP contribution is -2.41. The number of hydrogen-bond donors (Lipinski definition) is 3. The molecule has 22 heavy (non-hydrogen) atoms. The molecule has 0 radical (unpaired) electrons. The number of carbonyl (C=O) groups is 2. The molecule has 0 atom stereocenters. The third kappa shape index (κ3) is 3.69. The Morgan fingerprint density at radius 2 is 1.68 bits per heavy atom. The Kier molecular flexibility index (Phi) is 4.89. The van der Waals surface area contributed by atoms with Gasteiger partial charge >= 0.3 is 12.0 Å². The molecule has 0 heterocycles. The van der Waals surface area contributed by atoms with Crippen LogP contribution < -0.4 is 10.6 Å². The minimum atomic E-state index is -1.65. The summed E-state index contributed by atoms with van der Waals surface area (Å²) in [6.07, 6.45) is 1.87. The molecule has 1 aliphatic rings. The zero-order valence-electron chi connectivity index (χ0n) is 11.5. The van der Waals surface area contributed by atoms with E-state index in [-0.39, 0.29) is 6.04 Å². The number of benzene rings is 1. The van der Waals surface area contributed by atoms with E-state index in [2.05, 4.69) is 10.6 Å². The molecular formula is C14H15F3N2O3. The number of urea groups is 1. The van der Waals surface area contributed by atoms with Crippen LogP contribution in [0.15, 0.2) is 12.1 Å². The topological polar surface area (TPSA) is 78.4 Å². The van der Waals surface area contributed by atoms with Crippen LogP contribution in [0.3, 0.4) is 0 Å². The maximum atomic E-state index is 13.4. The van der Waals surface area contributed by atoms with E-state index in [0.29, 0.717) is 31.7 Å². The van der Waals surface area contributed by atoms with Gasteiger partial charge in [-0.15, -0.1) is 0 Å². The molecule has 0 bridgehead atoms. The summed E-state index contributed by atoms with van der Waals surface area (Å²) in [5.41, 5.74) is -0.462. The van der Waals surface area contributed by atoms with Crippen molar-refractivity contribution in [1.82, 2.24) is 5.32 Å². The zero-order valence-corrected chi connectivity index (χ0v) is 11.5. The van der Waals surface area contributed by atoms with E-state index in [1.54, 1.807) is 0 Å². The highest BCUT2D eigenvalue weighted by molar-refractivity contribution is 5.89. The Morgan fingerprint density at radius 3 is 2.27 bits per heavy atom. The van der Waals surface area contributed by atoms with Gasteiger partial charge in [-0.05, 0) is 37.8 Å². The van der Waals surface area contributed by atoms with Gasteiger partial charge in [-0.2, -0.15) is 0 Å². The minimum absolute atomic E-state index is 0.232. The van der Waals surface area contributed by atoms with Crippen molar-refractivity contribution in [3.8, 4) is 0 Å². The van der Waals surface area contributed by atoms with Crippen LogP contribution in [0.25, 0.3) is 0 Å². The molecule has 0 saturated heterocycles. The molecule has 0 spiro atoms. The van der Waals surface area contributed by atoms with E-state index < -0.39 is 41.1 Å². The number of anilines is 1. The van der Waals surface area contributed by atoms with Crippen LogP contribution in [0.4, 0.5) is 23.7 Å². The third-order valence-electron chi connectivity index (χ3n) is 3.70. The number of carboxylic acids is 1. The van der Waals surface area contributed by atoms with Crippen molar-refractivity contribution < 1.29 is 27.9 Å². The van der Waals surface area contributed by atoms with Gasteiger partial charge in [0.05, 0.1) is 11.6 Å². The third-order valence-corrected chi connectivity index (χ3v) is 3.70. The number of carboxylic acid groups (broad SMARTS) is 1. The number of amides is 2. The summed E-state index contributed by atoms with van der Waals surface area (Å²) in [7, 11) is 0. The summed E-state index contributed by atoms with van der Waals surface area (Å²) in [6.45, 7) is 0. The molecule has 3 N–H and O–H groups in total. The predicted molar refractivity (Wildman–Crippen MR) is 71.9 cm³/mol. The Bertz CT molecular complexity index is 587. The molecule has 0 unspecified atom stereocenters. The molecule has 2 amide bonds. The maximum Gasteiger partial charge on any atom is 0.319 e. The van der Waals surface area contributed by atoms with Crippen LogP contribution in [0.2, 0.25) is 0 Å². The van der Waals surface area contributed by atoms with Gasteiger partial charge in [-0.1, -0.05) is 0 Å². The summed E-state index contributed by atoms with van der Waals surface area (Å²) in [6, 6.07) is 0.661. The van der Waals surface area contributed by atoms with Crippen LogP contribution in [-0.2, 0) is 4.79 Å². The second kappa shape index (κ2) is 6.67. The van der Waals surface area contributed by atoms with E-state index in [1.807, 2.05) is 0 Å². The molecular weight excluding hydrogens is 301 g/mol. The second-order valence-corrected chi connectivity index (χ2v) is 5.21. The highest BCUT2D eigenvalue weighted by Gasteiger charge is 2.27. The van der Waals surface area contributed by atoms with E-state index in [4.69, 9.17) is 5.11 Å². The number of halogens is 3. The highest BCUT2D eigenvalue weighted by Crippen LogP contribution is 2.25. The van der Waals surface area contributed by atoms with Gasteiger partial charge in [0.2, 0.25) is 0 Å². The maximum absolute atomic E-state index is 13.4. The van der Waals surface area contributed by atoms with E-state index in [9.17, 15) is 22.8 Å². The van der Waals surface area contributed by atoms with Crippen LogP contribution in [0.5, 0.6) is 0 Å². The molecule has 1 aromatic rings. The lowest BCUT2D eigenvalue weighted by molar-refractivity contribution is -0.142. The standard InChI is InChI=1S/C14H15F3N2O3/c15-9-5-6-10(12(17)11(9)16)19-14(22)18-8-3-1-7(2-4-8)13(20)21/h5-8H,1-4H2,(H,20,21)(H2,18,19,22). The van der Waals surface area contributed by atoms with Crippen molar-refractivity contribution >= 4 is 17.7 Å². The number of carbonyl (C=O) groups excluding carboxylic acids is 1. The molecule has 0 aromatic heterocycles. The monoisotopic (exact) mass is 316 g/mol. The van der Waals surface area contributed by atoms with Gasteiger partial charge < -0.3 is 15.7 Å². The molecule has 1 aliphatic carbocycles. The number of nitrogens with one attached hydrogen (secondary N) is 2. The Balaban J connectivity index is 1.89. The molecule has 0 aliphatic heterocycles. The fourth-order valence-electron chi connectivity index (χ4n) is 2.45. The zero-order chi connectivity index (χ0) is 16.3. The predicted octanol–water partition coefficient (Wildman–Crippen LogP) is 2.87. The first kappa shape index (κ1) is 16.1. The van der Waals surface area contributed by atoms with E-state index in [1.165, 1.54) is 0 Å². The van der Waals surface area contributed by atoms with Crippen LogP contribution >= 0.6 is 0 Å². The molecule has 120 valence electrons. The first-order valence-corrected chi connectivity index (χ1v) is 6.82. The van der Waals surface area contributed by atoms with E-state index >= 15 is 0 Å². The van der Waals surface area contributed by atoms with Gasteiger partial charge in [0.15, 0.2) is 17.5 Å². The minimum Gasteiger partial charge on any atom is -0.481 e. The average molecular weight is 316 g/mol. The van der Waals surface area contributed by atoms with Gasteiger partial charge in [-0.25, -0.2) is 18.0 Å². The molecule has 1 saturated carbocycles. The summed E-state index contributed by atoms with van der Waals surface area (Å²) < 4.78 is 39.2. The summed E-state index contributed by atoms with van der Waals surface area (Å²) >= 11 is 0. The molecule has 1 aromatic carbocycles. The van der Waals surface area contributed by atoms with Gasteiger partial charge in [0, 0.05) is 6.04 Å². The smallest absolute Gasteiger partial charge is 0.319 e. The van der Waals surface area contributed by atoms with E-state index in [0.717, 1.165) is 6.07 Å².